The second kappa shape index (κ2) is 5.95. The molecule has 0 saturated heterocycles. The van der Waals surface area contributed by atoms with E-state index < -0.39 is 0 Å². The molecule has 0 bridgehead atoms. The van der Waals surface area contributed by atoms with E-state index in [-0.39, 0.29) is 5.91 Å². The average molecular weight is 260 g/mol. The van der Waals surface area contributed by atoms with Crippen LogP contribution in [-0.2, 0) is 6.42 Å². The van der Waals surface area contributed by atoms with E-state index in [4.69, 9.17) is 14.9 Å². The number of furan rings is 1. The van der Waals surface area contributed by atoms with Crippen molar-refractivity contribution in [2.45, 2.75) is 6.42 Å². The maximum Gasteiger partial charge on any atom is 0.251 e. The zero-order valence-corrected chi connectivity index (χ0v) is 10.7. The van der Waals surface area contributed by atoms with E-state index in [1.165, 1.54) is 7.11 Å². The summed E-state index contributed by atoms with van der Waals surface area (Å²) in [6.07, 6.45) is 2.26. The highest BCUT2D eigenvalue weighted by atomic mass is 16.5. The number of anilines is 1. The molecule has 0 unspecified atom stereocenters. The topological polar surface area (TPSA) is 77.5 Å². The summed E-state index contributed by atoms with van der Waals surface area (Å²) in [7, 11) is 1.54. The number of hydrogen-bond donors (Lipinski definition) is 2. The molecule has 0 radical (unpaired) electrons. The Morgan fingerprint density at radius 2 is 2.26 bits per heavy atom. The largest absolute Gasteiger partial charge is 0.497 e. The molecule has 100 valence electrons. The Bertz CT molecular complexity index is 550. The van der Waals surface area contributed by atoms with E-state index in [9.17, 15) is 4.79 Å². The number of amides is 1. The molecule has 0 saturated carbocycles. The van der Waals surface area contributed by atoms with E-state index >= 15 is 0 Å². The van der Waals surface area contributed by atoms with Crippen molar-refractivity contribution in [2.75, 3.05) is 19.4 Å². The molecular formula is C14H16N2O3. The third-order valence-electron chi connectivity index (χ3n) is 2.66. The minimum Gasteiger partial charge on any atom is -0.497 e. The zero-order chi connectivity index (χ0) is 13.7. The van der Waals surface area contributed by atoms with Crippen LogP contribution < -0.4 is 15.8 Å². The SMILES string of the molecule is COc1cc(N)cc(C(=O)NCCc2ccco2)c1. The van der Waals surface area contributed by atoms with Gasteiger partial charge in [0.1, 0.15) is 11.5 Å². The van der Waals surface area contributed by atoms with Crippen LogP contribution in [-0.4, -0.2) is 19.6 Å². The predicted octanol–water partition coefficient (Wildman–Crippen LogP) is 1.84. The number of carbonyl (C=O) groups excluding carboxylic acids is 1. The van der Waals surface area contributed by atoms with Crippen LogP contribution in [0.15, 0.2) is 41.0 Å². The van der Waals surface area contributed by atoms with E-state index in [1.54, 1.807) is 24.5 Å². The van der Waals surface area contributed by atoms with Crippen molar-refractivity contribution >= 4 is 11.6 Å². The van der Waals surface area contributed by atoms with Crippen molar-refractivity contribution < 1.29 is 13.9 Å². The molecule has 0 aliphatic rings. The number of ether oxygens (including phenoxy) is 1. The lowest BCUT2D eigenvalue weighted by Gasteiger charge is -2.07. The summed E-state index contributed by atoms with van der Waals surface area (Å²) < 4.78 is 10.3. The van der Waals surface area contributed by atoms with Crippen LogP contribution in [0.2, 0.25) is 0 Å². The van der Waals surface area contributed by atoms with Gasteiger partial charge in [0, 0.05) is 30.3 Å². The number of rotatable bonds is 5. The van der Waals surface area contributed by atoms with Crippen molar-refractivity contribution in [1.29, 1.82) is 0 Å². The second-order valence-electron chi connectivity index (χ2n) is 4.08. The Kier molecular flexibility index (Phi) is 4.07. The van der Waals surface area contributed by atoms with Gasteiger partial charge in [-0.15, -0.1) is 0 Å². The number of hydrogen-bond acceptors (Lipinski definition) is 4. The maximum absolute atomic E-state index is 11.9. The third-order valence-corrected chi connectivity index (χ3v) is 2.66. The van der Waals surface area contributed by atoms with Gasteiger partial charge in [0.25, 0.3) is 5.91 Å². The first-order valence-electron chi connectivity index (χ1n) is 5.94. The molecule has 1 heterocycles. The quantitative estimate of drug-likeness (QED) is 0.804. The third kappa shape index (κ3) is 3.51. The van der Waals surface area contributed by atoms with Crippen LogP contribution >= 0.6 is 0 Å². The molecule has 0 aliphatic heterocycles. The van der Waals surface area contributed by atoms with Gasteiger partial charge >= 0.3 is 0 Å². The maximum atomic E-state index is 11.9. The zero-order valence-electron chi connectivity index (χ0n) is 10.7. The fourth-order valence-electron chi connectivity index (χ4n) is 1.73. The highest BCUT2D eigenvalue weighted by Crippen LogP contribution is 2.18. The lowest BCUT2D eigenvalue weighted by Crippen LogP contribution is -2.25. The summed E-state index contributed by atoms with van der Waals surface area (Å²) in [5, 5.41) is 2.81. The molecule has 0 aliphatic carbocycles. The molecule has 5 heteroatoms. The number of methoxy groups -OCH3 is 1. The summed E-state index contributed by atoms with van der Waals surface area (Å²) in [6.45, 7) is 0.503. The number of nitrogens with two attached hydrogens (primary N) is 1. The monoisotopic (exact) mass is 260 g/mol. The molecule has 19 heavy (non-hydrogen) atoms. The van der Waals surface area contributed by atoms with Gasteiger partial charge in [-0.05, 0) is 24.3 Å². The van der Waals surface area contributed by atoms with Crippen LogP contribution in [0.1, 0.15) is 16.1 Å². The van der Waals surface area contributed by atoms with Gasteiger partial charge in [0.05, 0.1) is 13.4 Å². The summed E-state index contributed by atoms with van der Waals surface area (Å²) in [5.41, 5.74) is 6.68. The van der Waals surface area contributed by atoms with Crippen molar-refractivity contribution in [1.82, 2.24) is 5.32 Å². The molecule has 1 aromatic heterocycles. The van der Waals surface area contributed by atoms with Crippen LogP contribution in [0, 0.1) is 0 Å². The summed E-state index contributed by atoms with van der Waals surface area (Å²) >= 11 is 0. The standard InChI is InChI=1S/C14H16N2O3/c1-18-13-8-10(7-11(15)9-13)14(17)16-5-4-12-3-2-6-19-12/h2-3,6-9H,4-5,15H2,1H3,(H,16,17). The predicted molar refractivity (Wildman–Crippen MR) is 72.2 cm³/mol. The Hall–Kier alpha value is -2.43. The smallest absolute Gasteiger partial charge is 0.251 e. The number of nitrogen functional groups attached to an aromatic ring is 1. The van der Waals surface area contributed by atoms with Gasteiger partial charge in [-0.3, -0.25) is 4.79 Å². The summed E-state index contributed by atoms with van der Waals surface area (Å²) in [6, 6.07) is 8.62. The Morgan fingerprint density at radius 3 is 2.95 bits per heavy atom. The van der Waals surface area contributed by atoms with Gasteiger partial charge in [0.15, 0.2) is 0 Å². The Balaban J connectivity index is 1.94. The molecule has 1 aromatic carbocycles. The van der Waals surface area contributed by atoms with Gasteiger partial charge in [0.2, 0.25) is 0 Å². The molecule has 0 atom stereocenters. The van der Waals surface area contributed by atoms with Crippen molar-refractivity contribution in [3.8, 4) is 5.75 Å². The summed E-state index contributed by atoms with van der Waals surface area (Å²) in [5.74, 6) is 1.22. The molecule has 0 spiro atoms. The number of carbonyl (C=O) groups is 1. The molecular weight excluding hydrogens is 244 g/mol. The van der Waals surface area contributed by atoms with Crippen LogP contribution in [0.25, 0.3) is 0 Å². The first kappa shape index (κ1) is 13.0. The van der Waals surface area contributed by atoms with Gasteiger partial charge in [-0.25, -0.2) is 0 Å². The number of nitrogens with one attached hydrogen (secondary N) is 1. The van der Waals surface area contributed by atoms with E-state index in [0.717, 1.165) is 5.76 Å². The minimum absolute atomic E-state index is 0.183. The van der Waals surface area contributed by atoms with Crippen LogP contribution in [0.3, 0.4) is 0 Å². The highest BCUT2D eigenvalue weighted by molar-refractivity contribution is 5.95. The van der Waals surface area contributed by atoms with Crippen LogP contribution in [0.5, 0.6) is 5.75 Å². The Morgan fingerprint density at radius 1 is 1.42 bits per heavy atom. The van der Waals surface area contributed by atoms with E-state index in [1.807, 2.05) is 12.1 Å². The van der Waals surface area contributed by atoms with Gasteiger partial charge in [-0.1, -0.05) is 0 Å². The fourth-order valence-corrected chi connectivity index (χ4v) is 1.73. The van der Waals surface area contributed by atoms with Crippen molar-refractivity contribution in [3.05, 3.63) is 47.9 Å². The molecule has 5 nitrogen and oxygen atoms in total. The highest BCUT2D eigenvalue weighted by Gasteiger charge is 2.08. The molecule has 3 N–H and O–H groups in total. The van der Waals surface area contributed by atoms with Crippen LogP contribution in [0.4, 0.5) is 5.69 Å². The van der Waals surface area contributed by atoms with E-state index in [0.29, 0.717) is 30.0 Å². The van der Waals surface area contributed by atoms with E-state index in [2.05, 4.69) is 5.32 Å². The lowest BCUT2D eigenvalue weighted by atomic mass is 10.1. The first-order valence-corrected chi connectivity index (χ1v) is 5.94. The Labute approximate surface area is 111 Å². The molecule has 2 rings (SSSR count). The van der Waals surface area contributed by atoms with Crippen molar-refractivity contribution in [3.63, 3.8) is 0 Å². The first-order chi connectivity index (χ1) is 9.19. The lowest BCUT2D eigenvalue weighted by molar-refractivity contribution is 0.0953. The normalized spacial score (nSPS) is 10.2. The fraction of sp³-hybridized carbons (Fsp3) is 0.214. The summed E-state index contributed by atoms with van der Waals surface area (Å²) in [4.78, 5) is 11.9. The molecule has 0 fully saturated rings. The second-order valence-corrected chi connectivity index (χ2v) is 4.08. The van der Waals surface area contributed by atoms with Gasteiger partial charge in [-0.2, -0.15) is 0 Å². The van der Waals surface area contributed by atoms with Crippen molar-refractivity contribution in [2.24, 2.45) is 0 Å². The molecule has 1 amide bonds. The molecule has 2 aromatic rings. The average Bonchev–Trinajstić information content (AvgIpc) is 2.91. The number of benzene rings is 1. The minimum atomic E-state index is -0.183. The van der Waals surface area contributed by atoms with Gasteiger partial charge < -0.3 is 20.2 Å².